The summed E-state index contributed by atoms with van der Waals surface area (Å²) in [4.78, 5) is 133. The molecule has 5 aliphatic rings. The predicted molar refractivity (Wildman–Crippen MR) is 283 cm³/mol. The van der Waals surface area contributed by atoms with Gasteiger partial charge in [0.1, 0.15) is 29.3 Å². The second kappa shape index (κ2) is 19.4. The van der Waals surface area contributed by atoms with Gasteiger partial charge in [-0.25, -0.2) is 28.3 Å². The predicted octanol–water partition coefficient (Wildman–Crippen LogP) is 9.22. The third-order valence-corrected chi connectivity index (χ3v) is 17.2. The number of nitrogens with zero attached hydrogens (tertiary/aromatic N) is 4. The largest absolute Gasteiger partial charge is 0.423 e. The quantitative estimate of drug-likeness (QED) is 0.0329. The topological polar surface area (TPSA) is 202 Å². The minimum atomic E-state index is -0.944. The van der Waals surface area contributed by atoms with Crippen LogP contribution < -0.4 is 9.47 Å². The number of allylic oxidation sites excluding steroid dienone is 2. The number of carbonyl (C=O) groups excluding carboxylic acids is 10. The third kappa shape index (κ3) is 8.14. The summed E-state index contributed by atoms with van der Waals surface area (Å²) >= 11 is 0. The van der Waals surface area contributed by atoms with Gasteiger partial charge in [0.05, 0.1) is 50.6 Å². The monoisotopic (exact) mass is 1060 g/mol. The molecule has 4 unspecified atom stereocenters. The van der Waals surface area contributed by atoms with Crippen molar-refractivity contribution < 1.29 is 57.4 Å². The Hall–Kier alpha value is -8.84. The van der Waals surface area contributed by atoms with Crippen molar-refractivity contribution in [2.45, 2.75) is 44.9 Å². The summed E-state index contributed by atoms with van der Waals surface area (Å²) < 4.78 is 15.5. The molecule has 6 aromatic carbocycles. The number of fused-ring (bicyclic) bond motifs is 5. The van der Waals surface area contributed by atoms with E-state index >= 15 is 0 Å². The van der Waals surface area contributed by atoms with Crippen LogP contribution >= 0.6 is 17.8 Å². The van der Waals surface area contributed by atoms with Gasteiger partial charge in [0.15, 0.2) is 0 Å². The van der Waals surface area contributed by atoms with Gasteiger partial charge in [-0.05, 0) is 120 Å². The lowest BCUT2D eigenvalue weighted by Crippen LogP contribution is -2.31. The summed E-state index contributed by atoms with van der Waals surface area (Å²) in [5.41, 5.74) is 5.80. The Kier molecular flexibility index (Phi) is 12.7. The van der Waals surface area contributed by atoms with Crippen molar-refractivity contribution in [3.63, 3.8) is 0 Å². The summed E-state index contributed by atoms with van der Waals surface area (Å²) in [6.45, 7) is 10.9. The number of rotatable bonds is 14. The summed E-state index contributed by atoms with van der Waals surface area (Å²) in [6.07, 6.45) is 3.57. The van der Waals surface area contributed by atoms with Crippen LogP contribution in [0.2, 0.25) is 0 Å². The second-order valence-electron chi connectivity index (χ2n) is 19.2. The van der Waals surface area contributed by atoms with Crippen molar-refractivity contribution in [1.82, 2.24) is 18.7 Å². The average Bonchev–Trinajstić information content (AvgIpc) is 4.28. The van der Waals surface area contributed by atoms with E-state index in [4.69, 9.17) is 9.47 Å². The van der Waals surface area contributed by atoms with Crippen molar-refractivity contribution in [1.29, 1.82) is 0 Å². The molecule has 4 heterocycles. The van der Waals surface area contributed by atoms with Crippen LogP contribution in [0.1, 0.15) is 121 Å². The highest BCUT2D eigenvalue weighted by atomic mass is 31.1. The van der Waals surface area contributed by atoms with E-state index in [-0.39, 0.29) is 70.6 Å². The maximum Gasteiger partial charge on any atom is 0.343 e. The van der Waals surface area contributed by atoms with Crippen molar-refractivity contribution in [3.8, 4) is 22.6 Å². The zero-order chi connectivity index (χ0) is 54.2. The molecule has 0 N–H and O–H groups in total. The zero-order valence-corrected chi connectivity index (χ0v) is 43.3. The molecule has 4 atom stereocenters. The maximum absolute atomic E-state index is 13.9. The molecule has 382 valence electrons. The summed E-state index contributed by atoms with van der Waals surface area (Å²) in [5, 5.41) is 0. The molecule has 8 amide bonds. The Balaban J connectivity index is 0.851. The first-order valence-corrected chi connectivity index (χ1v) is 26.2. The van der Waals surface area contributed by atoms with E-state index in [0.717, 1.165) is 52.1 Å². The highest BCUT2D eigenvalue weighted by Crippen LogP contribution is 2.57. The highest BCUT2D eigenvalue weighted by Gasteiger charge is 2.48. The lowest BCUT2D eigenvalue weighted by atomic mass is 9.67. The molecular formula is C59H44N4O12P2. The molecule has 6 aromatic rings. The van der Waals surface area contributed by atoms with Crippen LogP contribution in [0, 0.1) is 25.7 Å². The van der Waals surface area contributed by atoms with Crippen molar-refractivity contribution >= 4 is 77.0 Å². The van der Waals surface area contributed by atoms with Crippen LogP contribution in [0.15, 0.2) is 147 Å². The van der Waals surface area contributed by atoms with E-state index in [1.54, 1.807) is 38.1 Å². The fourth-order valence-electron chi connectivity index (χ4n) is 10.8. The van der Waals surface area contributed by atoms with E-state index in [9.17, 15) is 47.9 Å². The molecule has 0 radical (unpaired) electrons. The summed E-state index contributed by atoms with van der Waals surface area (Å²) in [5.74, 6) is -7.11. The second-order valence-corrected chi connectivity index (χ2v) is 21.4. The summed E-state index contributed by atoms with van der Waals surface area (Å²) in [6, 6.07) is 35.2. The number of hydrogen-bond acceptors (Lipinski definition) is 12. The van der Waals surface area contributed by atoms with Crippen LogP contribution in [0.25, 0.3) is 11.1 Å². The zero-order valence-electron chi connectivity index (χ0n) is 41.3. The first kappa shape index (κ1) is 50.3. The Bertz CT molecular complexity index is 3500. The molecule has 18 heteroatoms. The molecule has 16 nitrogen and oxygen atoms in total. The van der Waals surface area contributed by atoms with Gasteiger partial charge in [-0.3, -0.25) is 38.4 Å². The lowest BCUT2D eigenvalue weighted by molar-refractivity contribution is -0.134. The SMILES string of the molecule is C=CCC1CC(=O)N(PN2C(=O)c3ccc(C(=O)Oc4ccc(C5(c6ccc(OC(=O)c7ccc8c(c7)C(=O)N(PN7C(=O)CC(CC=C)C7=O)C8=O)c(C)c6)c6ccccc6-c6ccccc65)cc4C)cc3C2=O)C1=O. The van der Waals surface area contributed by atoms with Gasteiger partial charge in [-0.15, -0.1) is 13.2 Å². The van der Waals surface area contributed by atoms with Gasteiger partial charge < -0.3 is 9.47 Å². The van der Waals surface area contributed by atoms with Crippen molar-refractivity contribution in [2.24, 2.45) is 11.8 Å². The molecule has 77 heavy (non-hydrogen) atoms. The van der Waals surface area contributed by atoms with E-state index in [1.807, 2.05) is 48.5 Å². The molecule has 0 saturated carbocycles. The summed E-state index contributed by atoms with van der Waals surface area (Å²) in [7, 11) is -1.74. The van der Waals surface area contributed by atoms with E-state index in [2.05, 4.69) is 37.4 Å². The fourth-order valence-corrected chi connectivity index (χ4v) is 13.0. The lowest BCUT2D eigenvalue weighted by Gasteiger charge is -2.34. The Morgan fingerprint density at radius 2 is 0.896 bits per heavy atom. The normalized spacial score (nSPS) is 18.3. The van der Waals surface area contributed by atoms with Crippen LogP contribution in [0.3, 0.4) is 0 Å². The Labute approximate surface area is 444 Å². The molecule has 0 bridgehead atoms. The van der Waals surface area contributed by atoms with Gasteiger partial charge in [0.2, 0.25) is 23.6 Å². The number of hydrogen-bond donors (Lipinski definition) is 0. The van der Waals surface area contributed by atoms with Crippen LogP contribution in [-0.2, 0) is 24.6 Å². The van der Waals surface area contributed by atoms with Crippen molar-refractivity contribution in [2.75, 3.05) is 0 Å². The third-order valence-electron chi connectivity index (χ3n) is 14.6. The fraction of sp³-hybridized carbons (Fsp3) is 0.153. The van der Waals surface area contributed by atoms with E-state index < -0.39 is 94.2 Å². The van der Waals surface area contributed by atoms with Gasteiger partial charge >= 0.3 is 11.9 Å². The number of aryl methyl sites for hydroxylation is 2. The molecule has 2 fully saturated rings. The number of carbonyl (C=O) groups is 10. The Morgan fingerprint density at radius 1 is 0.506 bits per heavy atom. The van der Waals surface area contributed by atoms with Gasteiger partial charge in [0, 0.05) is 12.8 Å². The van der Waals surface area contributed by atoms with Crippen LogP contribution in [0.4, 0.5) is 0 Å². The maximum atomic E-state index is 13.9. The van der Waals surface area contributed by atoms with Gasteiger partial charge in [-0.2, -0.15) is 0 Å². The molecule has 11 rings (SSSR count). The molecule has 4 aliphatic heterocycles. The number of benzene rings is 6. The minimum Gasteiger partial charge on any atom is -0.423 e. The molecule has 0 spiro atoms. The van der Waals surface area contributed by atoms with Gasteiger partial charge in [0.25, 0.3) is 23.6 Å². The minimum absolute atomic E-state index is 0.000586. The van der Waals surface area contributed by atoms with Crippen LogP contribution in [0.5, 0.6) is 11.5 Å². The number of esters is 2. The van der Waals surface area contributed by atoms with E-state index in [1.165, 1.54) is 36.4 Å². The smallest absolute Gasteiger partial charge is 0.343 e. The van der Waals surface area contributed by atoms with Gasteiger partial charge in [-0.1, -0.05) is 84.9 Å². The van der Waals surface area contributed by atoms with Crippen molar-refractivity contribution in [3.05, 3.63) is 213 Å². The number of ether oxygens (including phenoxy) is 2. The number of amides is 8. The highest BCUT2D eigenvalue weighted by molar-refractivity contribution is 7.37. The first-order chi connectivity index (χ1) is 37.0. The molecule has 1 aliphatic carbocycles. The first-order valence-electron chi connectivity index (χ1n) is 24.4. The molecule has 0 aromatic heterocycles. The Morgan fingerprint density at radius 3 is 1.29 bits per heavy atom. The van der Waals surface area contributed by atoms with E-state index in [0.29, 0.717) is 11.1 Å². The molecule has 2 saturated heterocycles. The molecular weight excluding hydrogens is 1020 g/mol. The standard InChI is InChI=1S/C59H44N4O12P2/c1-5-11-33-29-49(64)60(51(33)66)76-62-53(68)41-21-17-35(27-43(41)55(62)70)57(72)74-47-23-19-37(25-31(47)3)59(45-15-9-7-13-39(45)40-14-8-10-16-46(40)59)38-20-24-48(32(4)26-38)75-58(73)36-18-22-42-44(28-36)56(71)63(54(42)69)77-61-50(65)30-34(12-6-2)52(61)67/h5-10,13-28,33-34,76-77H,1-2,11-12,29-30H2,3-4H3. The van der Waals surface area contributed by atoms with Crippen LogP contribution in [-0.4, -0.2) is 77.9 Å². The average molecular weight is 1060 g/mol. The number of imide groups is 4.